The molecule has 0 radical (unpaired) electrons. The number of ether oxygens (including phenoxy) is 1. The van der Waals surface area contributed by atoms with E-state index in [9.17, 15) is 9.59 Å². The van der Waals surface area contributed by atoms with Crippen LogP contribution in [-0.4, -0.2) is 55.0 Å². The van der Waals surface area contributed by atoms with Crippen molar-refractivity contribution in [2.75, 3.05) is 33.4 Å². The number of carbonyl (C=O) groups is 2. The molecule has 1 fully saturated rings. The third kappa shape index (κ3) is 4.31. The van der Waals surface area contributed by atoms with Gasteiger partial charge < -0.3 is 14.5 Å². The second kappa shape index (κ2) is 7.40. The van der Waals surface area contributed by atoms with Crippen LogP contribution in [0.25, 0.3) is 0 Å². The van der Waals surface area contributed by atoms with Gasteiger partial charge >= 0.3 is 0 Å². The molecule has 2 amide bonds. The number of benzene rings is 1. The SMILES string of the molecule is COCCC(=O)N1CCN(Cc2cc(C)cc(C)c2)C(=O)C1. The van der Waals surface area contributed by atoms with Gasteiger partial charge in [0, 0.05) is 26.7 Å². The number of piperazine rings is 1. The van der Waals surface area contributed by atoms with Gasteiger partial charge in [-0.25, -0.2) is 0 Å². The molecule has 0 N–H and O–H groups in total. The van der Waals surface area contributed by atoms with Crippen LogP contribution in [0.15, 0.2) is 18.2 Å². The van der Waals surface area contributed by atoms with E-state index in [1.54, 1.807) is 12.0 Å². The van der Waals surface area contributed by atoms with Crippen molar-refractivity contribution < 1.29 is 14.3 Å². The summed E-state index contributed by atoms with van der Waals surface area (Å²) in [6.07, 6.45) is 0.334. The summed E-state index contributed by atoms with van der Waals surface area (Å²) < 4.78 is 4.91. The van der Waals surface area contributed by atoms with Gasteiger partial charge in [0.25, 0.3) is 0 Å². The average Bonchev–Trinajstić information content (AvgIpc) is 2.45. The molecule has 0 aliphatic carbocycles. The zero-order valence-corrected chi connectivity index (χ0v) is 13.6. The van der Waals surface area contributed by atoms with Crippen molar-refractivity contribution in [2.45, 2.75) is 26.8 Å². The molecule has 1 heterocycles. The molecule has 1 aliphatic heterocycles. The summed E-state index contributed by atoms with van der Waals surface area (Å²) in [7, 11) is 1.57. The second-order valence-corrected chi connectivity index (χ2v) is 5.87. The van der Waals surface area contributed by atoms with Crippen molar-refractivity contribution >= 4 is 11.8 Å². The van der Waals surface area contributed by atoms with Gasteiger partial charge in [-0.2, -0.15) is 0 Å². The van der Waals surface area contributed by atoms with Crippen molar-refractivity contribution in [3.8, 4) is 0 Å². The Labute approximate surface area is 131 Å². The van der Waals surface area contributed by atoms with E-state index in [1.807, 2.05) is 4.90 Å². The maximum atomic E-state index is 12.3. The Morgan fingerprint density at radius 3 is 2.45 bits per heavy atom. The molecule has 1 aliphatic rings. The molecule has 0 spiro atoms. The Bertz CT molecular complexity index is 537. The maximum Gasteiger partial charge on any atom is 0.242 e. The predicted octanol–water partition coefficient (Wildman–Crippen LogP) is 1.51. The molecule has 1 aromatic rings. The first-order chi connectivity index (χ1) is 10.5. The molecule has 0 atom stereocenters. The number of carbonyl (C=O) groups excluding carboxylic acids is 2. The molecular formula is C17H24N2O3. The van der Waals surface area contributed by atoms with Gasteiger partial charge in [0.2, 0.25) is 11.8 Å². The summed E-state index contributed by atoms with van der Waals surface area (Å²) in [5.41, 5.74) is 3.55. The molecule has 2 rings (SSSR count). The van der Waals surface area contributed by atoms with Crippen LogP contribution in [-0.2, 0) is 20.9 Å². The quantitative estimate of drug-likeness (QED) is 0.828. The minimum absolute atomic E-state index is 0.0103. The van der Waals surface area contributed by atoms with Gasteiger partial charge in [0.15, 0.2) is 0 Å². The zero-order valence-electron chi connectivity index (χ0n) is 13.6. The smallest absolute Gasteiger partial charge is 0.242 e. The summed E-state index contributed by atoms with van der Waals surface area (Å²) in [5, 5.41) is 0. The molecule has 5 heteroatoms. The monoisotopic (exact) mass is 304 g/mol. The molecule has 0 saturated carbocycles. The fourth-order valence-electron chi connectivity index (χ4n) is 2.82. The topological polar surface area (TPSA) is 49.9 Å². The third-order valence-corrected chi connectivity index (χ3v) is 3.85. The van der Waals surface area contributed by atoms with E-state index in [0.717, 1.165) is 5.56 Å². The lowest BCUT2D eigenvalue weighted by Crippen LogP contribution is -2.51. The van der Waals surface area contributed by atoms with Crippen LogP contribution < -0.4 is 0 Å². The highest BCUT2D eigenvalue weighted by Gasteiger charge is 2.26. The van der Waals surface area contributed by atoms with Gasteiger partial charge in [0.1, 0.15) is 0 Å². The van der Waals surface area contributed by atoms with Gasteiger partial charge in [-0.05, 0) is 19.4 Å². The molecule has 1 saturated heterocycles. The van der Waals surface area contributed by atoms with Crippen molar-refractivity contribution in [3.05, 3.63) is 34.9 Å². The number of methoxy groups -OCH3 is 1. The number of amides is 2. The van der Waals surface area contributed by atoms with E-state index in [0.29, 0.717) is 32.7 Å². The molecule has 0 aromatic heterocycles. The lowest BCUT2D eigenvalue weighted by molar-refractivity contribution is -0.146. The van der Waals surface area contributed by atoms with Gasteiger partial charge in [-0.3, -0.25) is 9.59 Å². The van der Waals surface area contributed by atoms with Gasteiger partial charge in [-0.15, -0.1) is 0 Å². The summed E-state index contributed by atoms with van der Waals surface area (Å²) in [6.45, 7) is 6.49. The Morgan fingerprint density at radius 2 is 1.86 bits per heavy atom. The third-order valence-electron chi connectivity index (χ3n) is 3.85. The standard InChI is InChI=1S/C17H24N2O3/c1-13-8-14(2)10-15(9-13)11-18-5-6-19(12-17(18)21)16(20)4-7-22-3/h8-10H,4-7,11-12H2,1-3H3. The van der Waals surface area contributed by atoms with Crippen LogP contribution in [0.3, 0.4) is 0 Å². The summed E-state index contributed by atoms with van der Waals surface area (Å²) in [4.78, 5) is 27.6. The highest BCUT2D eigenvalue weighted by Crippen LogP contribution is 2.14. The van der Waals surface area contributed by atoms with E-state index in [1.165, 1.54) is 11.1 Å². The lowest BCUT2D eigenvalue weighted by Gasteiger charge is -2.34. The first kappa shape index (κ1) is 16.5. The fraction of sp³-hybridized carbons (Fsp3) is 0.529. The minimum Gasteiger partial charge on any atom is -0.384 e. The van der Waals surface area contributed by atoms with Crippen LogP contribution in [0.1, 0.15) is 23.1 Å². The number of hydrogen-bond donors (Lipinski definition) is 0. The molecule has 0 bridgehead atoms. The summed E-state index contributed by atoms with van der Waals surface area (Å²) in [6, 6.07) is 6.34. The molecule has 5 nitrogen and oxygen atoms in total. The van der Waals surface area contributed by atoms with E-state index in [2.05, 4.69) is 32.0 Å². The number of hydrogen-bond acceptors (Lipinski definition) is 3. The Hall–Kier alpha value is -1.88. The number of nitrogens with zero attached hydrogens (tertiary/aromatic N) is 2. The van der Waals surface area contributed by atoms with E-state index in [4.69, 9.17) is 4.74 Å². The first-order valence-corrected chi connectivity index (χ1v) is 7.61. The number of aryl methyl sites for hydroxylation is 2. The Kier molecular flexibility index (Phi) is 5.55. The highest BCUT2D eigenvalue weighted by molar-refractivity contribution is 5.86. The minimum atomic E-state index is -0.0127. The lowest BCUT2D eigenvalue weighted by atomic mass is 10.1. The molecule has 22 heavy (non-hydrogen) atoms. The normalized spacial score (nSPS) is 15.3. The molecule has 1 aromatic carbocycles. The van der Waals surface area contributed by atoms with E-state index in [-0.39, 0.29) is 18.4 Å². The van der Waals surface area contributed by atoms with Crippen LogP contribution >= 0.6 is 0 Å². The second-order valence-electron chi connectivity index (χ2n) is 5.87. The largest absolute Gasteiger partial charge is 0.384 e. The van der Waals surface area contributed by atoms with E-state index >= 15 is 0 Å². The fourth-order valence-corrected chi connectivity index (χ4v) is 2.82. The molecule has 120 valence electrons. The molecular weight excluding hydrogens is 280 g/mol. The highest BCUT2D eigenvalue weighted by atomic mass is 16.5. The van der Waals surface area contributed by atoms with Crippen molar-refractivity contribution in [1.29, 1.82) is 0 Å². The van der Waals surface area contributed by atoms with Crippen molar-refractivity contribution in [1.82, 2.24) is 9.80 Å². The molecule has 0 unspecified atom stereocenters. The van der Waals surface area contributed by atoms with Crippen LogP contribution in [0.5, 0.6) is 0 Å². The summed E-state index contributed by atoms with van der Waals surface area (Å²) >= 11 is 0. The Balaban J connectivity index is 1.93. The van der Waals surface area contributed by atoms with Crippen LogP contribution in [0, 0.1) is 13.8 Å². The van der Waals surface area contributed by atoms with Gasteiger partial charge in [0.05, 0.1) is 19.6 Å². The first-order valence-electron chi connectivity index (χ1n) is 7.61. The zero-order chi connectivity index (χ0) is 16.1. The van der Waals surface area contributed by atoms with Crippen LogP contribution in [0.2, 0.25) is 0 Å². The van der Waals surface area contributed by atoms with Crippen molar-refractivity contribution in [3.63, 3.8) is 0 Å². The van der Waals surface area contributed by atoms with Gasteiger partial charge in [-0.1, -0.05) is 29.3 Å². The van der Waals surface area contributed by atoms with Crippen molar-refractivity contribution in [2.24, 2.45) is 0 Å². The Morgan fingerprint density at radius 1 is 1.18 bits per heavy atom. The summed E-state index contributed by atoms with van der Waals surface area (Å²) in [5.74, 6) is -0.00238. The van der Waals surface area contributed by atoms with E-state index < -0.39 is 0 Å². The maximum absolute atomic E-state index is 12.3. The predicted molar refractivity (Wildman–Crippen MR) is 84.4 cm³/mol. The number of rotatable bonds is 5. The van der Waals surface area contributed by atoms with Crippen LogP contribution in [0.4, 0.5) is 0 Å². The average molecular weight is 304 g/mol.